The Labute approximate surface area is 172 Å². The van der Waals surface area contributed by atoms with Gasteiger partial charge in [-0.25, -0.2) is 4.79 Å². The van der Waals surface area contributed by atoms with Gasteiger partial charge in [-0.3, -0.25) is 4.79 Å². The lowest BCUT2D eigenvalue weighted by atomic mass is 9.88. The number of thiophene rings is 1. The van der Waals surface area contributed by atoms with Crippen LogP contribution in [0.1, 0.15) is 32.5 Å². The quantitative estimate of drug-likeness (QED) is 0.556. The molecule has 6 heteroatoms. The number of carboxylic acids is 1. The van der Waals surface area contributed by atoms with Crippen LogP contribution in [0.5, 0.6) is 5.75 Å². The van der Waals surface area contributed by atoms with Crippen molar-refractivity contribution < 1.29 is 19.4 Å². The maximum Gasteiger partial charge on any atom is 0.346 e. The molecule has 0 saturated carbocycles. The van der Waals surface area contributed by atoms with E-state index in [4.69, 9.17) is 4.74 Å². The van der Waals surface area contributed by atoms with Crippen molar-refractivity contribution in [3.63, 3.8) is 0 Å². The molecule has 0 spiro atoms. The lowest BCUT2D eigenvalue weighted by Crippen LogP contribution is -2.22. The second-order valence-electron chi connectivity index (χ2n) is 6.69. The maximum absolute atomic E-state index is 12.5. The van der Waals surface area contributed by atoms with Crippen LogP contribution in [0.4, 0.5) is 5.69 Å². The maximum atomic E-state index is 12.5. The van der Waals surface area contributed by atoms with E-state index < -0.39 is 5.97 Å². The van der Waals surface area contributed by atoms with Crippen molar-refractivity contribution in [2.24, 2.45) is 0 Å². The summed E-state index contributed by atoms with van der Waals surface area (Å²) in [4.78, 5) is 25.6. The number of anilines is 1. The number of carbonyl (C=O) groups is 2. The molecule has 29 heavy (non-hydrogen) atoms. The van der Waals surface area contributed by atoms with Crippen LogP contribution in [0.25, 0.3) is 11.1 Å². The Hall–Kier alpha value is -3.38. The third kappa shape index (κ3) is 3.67. The zero-order valence-electron chi connectivity index (χ0n) is 15.6. The molecule has 0 saturated heterocycles. The molecule has 0 radical (unpaired) electrons. The molecule has 2 heterocycles. The van der Waals surface area contributed by atoms with Crippen LogP contribution in [0.2, 0.25) is 0 Å². The van der Waals surface area contributed by atoms with Crippen LogP contribution < -0.4 is 10.1 Å². The molecule has 0 bridgehead atoms. The van der Waals surface area contributed by atoms with E-state index in [1.54, 1.807) is 6.08 Å². The molecule has 1 aliphatic rings. The van der Waals surface area contributed by atoms with Gasteiger partial charge in [-0.05, 0) is 23.3 Å². The third-order valence-electron chi connectivity index (χ3n) is 4.79. The highest BCUT2D eigenvalue weighted by Crippen LogP contribution is 2.49. The molecule has 1 aromatic heterocycles. The van der Waals surface area contributed by atoms with Gasteiger partial charge in [0, 0.05) is 22.8 Å². The van der Waals surface area contributed by atoms with Gasteiger partial charge in [-0.15, -0.1) is 11.3 Å². The van der Waals surface area contributed by atoms with Crippen LogP contribution in [0.3, 0.4) is 0 Å². The number of benzene rings is 2. The Bertz CT molecular complexity index is 1090. The van der Waals surface area contributed by atoms with E-state index in [-0.39, 0.29) is 23.1 Å². The number of nitrogens with one attached hydrogen (secondary N) is 1. The Morgan fingerprint density at radius 1 is 1.24 bits per heavy atom. The van der Waals surface area contributed by atoms with Crippen LogP contribution >= 0.6 is 11.3 Å². The highest BCUT2D eigenvalue weighted by atomic mass is 32.1. The summed E-state index contributed by atoms with van der Waals surface area (Å²) >= 11 is 1.22. The SMILES string of the molecule is C=CCOc1cccc([C@@H]2CC(=O)Nc3c2sc(C(=O)O)c3-c2ccccc2)c1. The van der Waals surface area contributed by atoms with Gasteiger partial charge < -0.3 is 15.2 Å². The second kappa shape index (κ2) is 7.93. The Morgan fingerprint density at radius 2 is 2.03 bits per heavy atom. The van der Waals surface area contributed by atoms with E-state index in [1.165, 1.54) is 11.3 Å². The molecular weight excluding hydrogens is 386 g/mol. The lowest BCUT2D eigenvalue weighted by Gasteiger charge is -2.24. The van der Waals surface area contributed by atoms with Gasteiger partial charge in [-0.1, -0.05) is 55.1 Å². The van der Waals surface area contributed by atoms with Crippen molar-refractivity contribution in [3.05, 3.63) is 82.6 Å². The summed E-state index contributed by atoms with van der Waals surface area (Å²) in [6.07, 6.45) is 1.93. The van der Waals surface area contributed by atoms with Gasteiger partial charge in [-0.2, -0.15) is 0 Å². The summed E-state index contributed by atoms with van der Waals surface area (Å²) < 4.78 is 5.63. The predicted octanol–water partition coefficient (Wildman–Crippen LogP) is 5.15. The smallest absolute Gasteiger partial charge is 0.346 e. The molecule has 2 N–H and O–H groups in total. The Morgan fingerprint density at radius 3 is 2.76 bits per heavy atom. The number of carbonyl (C=O) groups excluding carboxylic acids is 1. The number of ether oxygens (including phenoxy) is 1. The fourth-order valence-electron chi connectivity index (χ4n) is 3.56. The van der Waals surface area contributed by atoms with Crippen molar-refractivity contribution in [1.29, 1.82) is 0 Å². The lowest BCUT2D eigenvalue weighted by molar-refractivity contribution is -0.116. The van der Waals surface area contributed by atoms with E-state index in [1.807, 2.05) is 54.6 Å². The first-order valence-corrected chi connectivity index (χ1v) is 9.99. The van der Waals surface area contributed by atoms with E-state index >= 15 is 0 Å². The van der Waals surface area contributed by atoms with Crippen molar-refractivity contribution in [3.8, 4) is 16.9 Å². The Balaban J connectivity index is 1.85. The molecule has 5 nitrogen and oxygen atoms in total. The summed E-state index contributed by atoms with van der Waals surface area (Å²) in [6, 6.07) is 16.9. The fourth-order valence-corrected chi connectivity index (χ4v) is 4.81. The predicted molar refractivity (Wildman–Crippen MR) is 114 cm³/mol. The highest BCUT2D eigenvalue weighted by Gasteiger charge is 2.34. The molecule has 146 valence electrons. The van der Waals surface area contributed by atoms with E-state index in [0.717, 1.165) is 16.0 Å². The van der Waals surface area contributed by atoms with Crippen molar-refractivity contribution in [2.75, 3.05) is 11.9 Å². The van der Waals surface area contributed by atoms with Crippen molar-refractivity contribution in [2.45, 2.75) is 12.3 Å². The van der Waals surface area contributed by atoms with Gasteiger partial charge in [0.1, 0.15) is 17.2 Å². The first kappa shape index (κ1) is 19.0. The average molecular weight is 405 g/mol. The average Bonchev–Trinajstić information content (AvgIpc) is 3.12. The summed E-state index contributed by atoms with van der Waals surface area (Å²) in [5.74, 6) is -0.675. The first-order chi connectivity index (χ1) is 14.1. The third-order valence-corrected chi connectivity index (χ3v) is 6.08. The first-order valence-electron chi connectivity index (χ1n) is 9.17. The summed E-state index contributed by atoms with van der Waals surface area (Å²) in [5, 5.41) is 12.7. The van der Waals surface area contributed by atoms with Gasteiger partial charge in [0.25, 0.3) is 0 Å². The molecule has 1 aliphatic heterocycles. The molecule has 1 amide bonds. The van der Waals surface area contributed by atoms with Crippen LogP contribution in [-0.2, 0) is 4.79 Å². The van der Waals surface area contributed by atoms with Gasteiger partial charge >= 0.3 is 5.97 Å². The summed E-state index contributed by atoms with van der Waals surface area (Å²) in [6.45, 7) is 4.04. The van der Waals surface area contributed by atoms with Crippen molar-refractivity contribution in [1.82, 2.24) is 0 Å². The summed E-state index contributed by atoms with van der Waals surface area (Å²) in [5.41, 5.74) is 2.85. The molecule has 0 aliphatic carbocycles. The number of hydrogen-bond acceptors (Lipinski definition) is 4. The number of rotatable bonds is 6. The van der Waals surface area contributed by atoms with Gasteiger partial charge in [0.15, 0.2) is 0 Å². The molecule has 4 rings (SSSR count). The van der Waals surface area contributed by atoms with Crippen LogP contribution in [0, 0.1) is 0 Å². The number of fused-ring (bicyclic) bond motifs is 1. The normalized spacial score (nSPS) is 15.3. The molecule has 3 aromatic rings. The minimum atomic E-state index is -1.00. The Kier molecular flexibility index (Phi) is 5.18. The number of hydrogen-bond donors (Lipinski definition) is 2. The molecule has 2 aromatic carbocycles. The largest absolute Gasteiger partial charge is 0.490 e. The fraction of sp³-hybridized carbons (Fsp3) is 0.130. The minimum Gasteiger partial charge on any atom is -0.490 e. The standard InChI is InChI=1S/C23H19NO4S/c1-2-11-28-16-10-6-9-15(12-16)17-13-18(25)24-20-19(14-7-4-3-5-8-14)22(23(26)27)29-21(17)20/h2-10,12,17H,1,11,13H2,(H,24,25)(H,26,27)/t17-/m0/s1. The molecule has 0 fully saturated rings. The van der Waals surface area contributed by atoms with E-state index in [0.29, 0.717) is 23.6 Å². The molecule has 1 atom stereocenters. The van der Waals surface area contributed by atoms with Crippen LogP contribution in [-0.4, -0.2) is 23.6 Å². The highest BCUT2D eigenvalue weighted by molar-refractivity contribution is 7.15. The molecular formula is C23H19NO4S. The van der Waals surface area contributed by atoms with Crippen molar-refractivity contribution >= 4 is 28.9 Å². The number of carboxylic acid groups (broad SMARTS) is 1. The number of amides is 1. The second-order valence-corrected chi connectivity index (χ2v) is 7.75. The van der Waals surface area contributed by atoms with Gasteiger partial charge in [0.2, 0.25) is 5.91 Å². The zero-order valence-corrected chi connectivity index (χ0v) is 16.4. The molecule has 0 unspecified atom stereocenters. The van der Waals surface area contributed by atoms with E-state index in [2.05, 4.69) is 11.9 Å². The van der Waals surface area contributed by atoms with Gasteiger partial charge in [0.05, 0.1) is 5.69 Å². The monoisotopic (exact) mass is 405 g/mol. The number of aromatic carboxylic acids is 1. The van der Waals surface area contributed by atoms with E-state index in [9.17, 15) is 14.7 Å². The van der Waals surface area contributed by atoms with Crippen LogP contribution in [0.15, 0.2) is 67.3 Å². The summed E-state index contributed by atoms with van der Waals surface area (Å²) in [7, 11) is 0. The minimum absolute atomic E-state index is 0.133. The topological polar surface area (TPSA) is 75.6 Å². The zero-order chi connectivity index (χ0) is 20.4.